The zero-order valence-corrected chi connectivity index (χ0v) is 32.4. The molecule has 1 saturated heterocycles. The fraction of sp³-hybridized carbons (Fsp3) is 0.465. The first kappa shape index (κ1) is 40.9. The van der Waals surface area contributed by atoms with E-state index in [0.29, 0.717) is 19.4 Å². The van der Waals surface area contributed by atoms with Crippen LogP contribution in [0.3, 0.4) is 0 Å². The molecule has 0 aromatic heterocycles. The van der Waals surface area contributed by atoms with Crippen molar-refractivity contribution in [2.24, 2.45) is 5.92 Å². The molecule has 0 spiro atoms. The molecule has 1 aliphatic heterocycles. The van der Waals surface area contributed by atoms with Crippen LogP contribution in [0.1, 0.15) is 82.9 Å². The largest absolute Gasteiger partial charge is 0.466 e. The Morgan fingerprint density at radius 3 is 2.07 bits per heavy atom. The molecule has 1 heterocycles. The number of alkyl carbamates (subject to hydrolysis) is 1. The van der Waals surface area contributed by atoms with Crippen LogP contribution in [0, 0.1) is 5.92 Å². The Balaban J connectivity index is 1.33. The van der Waals surface area contributed by atoms with E-state index in [9.17, 15) is 24.0 Å². The van der Waals surface area contributed by atoms with Gasteiger partial charge in [0.25, 0.3) is 0 Å². The Hall–Kier alpha value is -5.23. The lowest BCUT2D eigenvalue weighted by molar-refractivity contribution is -0.143. The van der Waals surface area contributed by atoms with Gasteiger partial charge >= 0.3 is 12.1 Å². The highest BCUT2D eigenvalue weighted by Crippen LogP contribution is 2.44. The van der Waals surface area contributed by atoms with Crippen LogP contribution >= 0.6 is 0 Å². The molecule has 55 heavy (non-hydrogen) atoms. The Bertz CT molecular complexity index is 1760. The van der Waals surface area contributed by atoms with E-state index >= 15 is 0 Å². The van der Waals surface area contributed by atoms with Crippen LogP contribution in [0.5, 0.6) is 0 Å². The molecule has 294 valence electrons. The van der Waals surface area contributed by atoms with Gasteiger partial charge in [-0.2, -0.15) is 0 Å². The van der Waals surface area contributed by atoms with Gasteiger partial charge in [0.2, 0.25) is 17.7 Å². The van der Waals surface area contributed by atoms with Crippen LogP contribution in [0.2, 0.25) is 0 Å². The topological polar surface area (TPSA) is 161 Å². The van der Waals surface area contributed by atoms with Gasteiger partial charge in [-0.3, -0.25) is 19.2 Å². The fourth-order valence-corrected chi connectivity index (χ4v) is 7.40. The third-order valence-electron chi connectivity index (χ3n) is 9.90. The monoisotopic (exact) mass is 754 g/mol. The van der Waals surface area contributed by atoms with Gasteiger partial charge in [-0.25, -0.2) is 4.79 Å². The van der Waals surface area contributed by atoms with Crippen molar-refractivity contribution in [3.05, 3.63) is 95.6 Å². The van der Waals surface area contributed by atoms with Gasteiger partial charge < -0.3 is 35.5 Å². The quantitative estimate of drug-likeness (QED) is 0.137. The average molecular weight is 755 g/mol. The molecule has 12 nitrogen and oxygen atoms in total. The number of fused-ring (bicyclic) bond motifs is 3. The number of rotatable bonds is 17. The lowest BCUT2D eigenvalue weighted by atomic mass is 9.94. The number of amides is 4. The second-order valence-electron chi connectivity index (χ2n) is 15.2. The van der Waals surface area contributed by atoms with Gasteiger partial charge in [0.15, 0.2) is 0 Å². The van der Waals surface area contributed by atoms with Crippen LogP contribution in [-0.4, -0.2) is 79.4 Å². The van der Waals surface area contributed by atoms with Crippen molar-refractivity contribution in [1.82, 2.24) is 21.3 Å². The molecule has 0 bridgehead atoms. The van der Waals surface area contributed by atoms with Crippen LogP contribution in [0.4, 0.5) is 4.79 Å². The minimum atomic E-state index is -1.23. The summed E-state index contributed by atoms with van der Waals surface area (Å²) in [6.07, 6.45) is -0.239. The zero-order valence-electron chi connectivity index (χ0n) is 32.4. The highest BCUT2D eigenvalue weighted by atomic mass is 16.6. The normalized spacial score (nSPS) is 17.1. The molecule has 0 saturated carbocycles. The summed E-state index contributed by atoms with van der Waals surface area (Å²) in [5.41, 5.74) is 4.42. The van der Waals surface area contributed by atoms with E-state index in [1.807, 2.05) is 87.5 Å². The van der Waals surface area contributed by atoms with Crippen molar-refractivity contribution in [3.63, 3.8) is 0 Å². The molecule has 3 aromatic carbocycles. The summed E-state index contributed by atoms with van der Waals surface area (Å²) in [4.78, 5) is 66.6. The highest BCUT2D eigenvalue weighted by molar-refractivity contribution is 5.92. The SMILES string of the molecule is CCOC(=O)CC[C@H](C[C@@H]1CCNC1=O)NC(=O)[C@H](Cc1ccccc1)NC(=O)[C@@H](NC(=O)OCC1c2ccccc2-c2ccccc21)[C@@H](C)OC(C)(C)C. The molecule has 5 rings (SSSR count). The van der Waals surface area contributed by atoms with Crippen molar-refractivity contribution in [3.8, 4) is 11.1 Å². The Morgan fingerprint density at radius 1 is 0.836 bits per heavy atom. The summed E-state index contributed by atoms with van der Waals surface area (Å²) in [7, 11) is 0. The van der Waals surface area contributed by atoms with Crippen LogP contribution in [0.15, 0.2) is 78.9 Å². The first-order chi connectivity index (χ1) is 26.3. The number of esters is 1. The van der Waals surface area contributed by atoms with Gasteiger partial charge in [0.1, 0.15) is 18.7 Å². The van der Waals surface area contributed by atoms with Crippen LogP contribution in [0.25, 0.3) is 11.1 Å². The summed E-state index contributed by atoms with van der Waals surface area (Å²) < 4.78 is 17.1. The minimum Gasteiger partial charge on any atom is -0.466 e. The van der Waals surface area contributed by atoms with E-state index in [0.717, 1.165) is 27.8 Å². The molecule has 3 aromatic rings. The molecule has 4 N–H and O–H groups in total. The van der Waals surface area contributed by atoms with Gasteiger partial charge in [0.05, 0.1) is 18.3 Å². The third kappa shape index (κ3) is 11.4. The Labute approximate surface area is 323 Å². The summed E-state index contributed by atoms with van der Waals surface area (Å²) in [5, 5.41) is 11.5. The van der Waals surface area contributed by atoms with Crippen molar-refractivity contribution in [2.75, 3.05) is 19.8 Å². The molecular weight excluding hydrogens is 700 g/mol. The number of nitrogens with one attached hydrogen (secondary N) is 4. The van der Waals surface area contributed by atoms with Crippen molar-refractivity contribution in [2.45, 2.75) is 102 Å². The van der Waals surface area contributed by atoms with Crippen molar-refractivity contribution in [1.29, 1.82) is 0 Å². The maximum Gasteiger partial charge on any atom is 0.407 e. The number of hydrogen-bond donors (Lipinski definition) is 4. The summed E-state index contributed by atoms with van der Waals surface area (Å²) >= 11 is 0. The second-order valence-corrected chi connectivity index (χ2v) is 15.2. The number of carbonyl (C=O) groups excluding carboxylic acids is 5. The van der Waals surface area contributed by atoms with E-state index in [2.05, 4.69) is 33.4 Å². The smallest absolute Gasteiger partial charge is 0.407 e. The predicted octanol–water partition coefficient (Wildman–Crippen LogP) is 5.18. The minimum absolute atomic E-state index is 0.0496. The lowest BCUT2D eigenvalue weighted by Crippen LogP contribution is -2.59. The second kappa shape index (κ2) is 18.9. The van der Waals surface area contributed by atoms with Crippen LogP contribution < -0.4 is 21.3 Å². The Morgan fingerprint density at radius 2 is 1.47 bits per heavy atom. The molecule has 12 heteroatoms. The number of carbonyl (C=O) groups is 5. The standard InChI is InChI=1S/C43H54N4O8/c1-6-53-37(48)21-20-30(25-29-22-23-44-39(29)49)45-40(50)36(24-28-14-8-7-9-15-28)46-41(51)38(27(2)55-43(3,4)5)47-42(52)54-26-35-33-18-12-10-16-31(33)32-17-11-13-19-34(32)35/h7-19,27,29-30,35-36,38H,6,20-26H2,1-5H3,(H,44,49)(H,45,50)(H,46,51)(H,47,52)/t27-,29+,30-,36+,38+/m1/s1. The van der Waals surface area contributed by atoms with Crippen molar-refractivity contribution >= 4 is 29.8 Å². The van der Waals surface area contributed by atoms with E-state index in [4.69, 9.17) is 14.2 Å². The van der Waals surface area contributed by atoms with Gasteiger partial charge in [-0.1, -0.05) is 78.9 Å². The summed E-state index contributed by atoms with van der Waals surface area (Å²) in [5.74, 6) is -2.13. The maximum absolute atomic E-state index is 14.2. The molecule has 5 atom stereocenters. The van der Waals surface area contributed by atoms with Crippen molar-refractivity contribution < 1.29 is 38.2 Å². The average Bonchev–Trinajstić information content (AvgIpc) is 3.70. The third-order valence-corrected chi connectivity index (χ3v) is 9.90. The van der Waals surface area contributed by atoms with E-state index < -0.39 is 53.7 Å². The molecule has 0 unspecified atom stereocenters. The highest BCUT2D eigenvalue weighted by Gasteiger charge is 2.36. The molecule has 0 radical (unpaired) electrons. The maximum atomic E-state index is 14.2. The first-order valence-electron chi connectivity index (χ1n) is 19.2. The summed E-state index contributed by atoms with van der Waals surface area (Å²) in [6, 6.07) is 22.4. The molecule has 1 fully saturated rings. The molecule has 1 aliphatic carbocycles. The zero-order chi connectivity index (χ0) is 39.5. The summed E-state index contributed by atoms with van der Waals surface area (Å²) in [6.45, 7) is 9.77. The molecule has 2 aliphatic rings. The number of hydrogen-bond acceptors (Lipinski definition) is 8. The van der Waals surface area contributed by atoms with Crippen LogP contribution in [-0.2, 0) is 39.8 Å². The lowest BCUT2D eigenvalue weighted by Gasteiger charge is -2.32. The Kier molecular flexibility index (Phi) is 14.1. The number of ether oxygens (including phenoxy) is 3. The fourth-order valence-electron chi connectivity index (χ4n) is 7.40. The van der Waals surface area contributed by atoms with Gasteiger partial charge in [-0.05, 0) is 81.7 Å². The van der Waals surface area contributed by atoms with Gasteiger partial charge in [-0.15, -0.1) is 0 Å². The predicted molar refractivity (Wildman–Crippen MR) is 208 cm³/mol. The van der Waals surface area contributed by atoms with E-state index in [-0.39, 0.29) is 50.2 Å². The van der Waals surface area contributed by atoms with E-state index in [1.165, 1.54) is 0 Å². The van der Waals surface area contributed by atoms with Gasteiger partial charge in [0, 0.05) is 37.3 Å². The number of benzene rings is 3. The molecule has 4 amide bonds. The first-order valence-corrected chi connectivity index (χ1v) is 19.2. The molecular formula is C43H54N4O8. The van der Waals surface area contributed by atoms with E-state index in [1.54, 1.807) is 13.8 Å².